The Labute approximate surface area is 115 Å². The highest BCUT2D eigenvalue weighted by Gasteiger charge is 2.22. The third kappa shape index (κ3) is 1.80. The van der Waals surface area contributed by atoms with Crippen molar-refractivity contribution in [3.8, 4) is 11.1 Å². The van der Waals surface area contributed by atoms with Crippen LogP contribution in [0.1, 0.15) is 23.4 Å². The van der Waals surface area contributed by atoms with Crippen LogP contribution in [0.4, 0.5) is 0 Å². The molecule has 0 radical (unpaired) electrons. The molecule has 0 saturated heterocycles. The number of hydrogen-bond donors (Lipinski definition) is 1. The smallest absolute Gasteiger partial charge is 0.0841 e. The van der Waals surface area contributed by atoms with E-state index in [0.29, 0.717) is 6.54 Å². The van der Waals surface area contributed by atoms with E-state index >= 15 is 0 Å². The maximum atomic E-state index is 5.84. The Bertz CT molecular complexity index is 601. The minimum Gasteiger partial charge on any atom is -0.325 e. The van der Waals surface area contributed by atoms with E-state index in [-0.39, 0.29) is 0 Å². The zero-order chi connectivity index (χ0) is 12.7. The molecule has 0 unspecified atom stereocenters. The summed E-state index contributed by atoms with van der Waals surface area (Å²) in [7, 11) is 0. The molecular weight excluding hydrogens is 290 g/mol. The molecule has 0 spiro atoms. The number of aryl methyl sites for hydroxylation is 2. The van der Waals surface area contributed by atoms with Gasteiger partial charge in [0.2, 0.25) is 0 Å². The second kappa shape index (κ2) is 4.52. The van der Waals surface area contributed by atoms with Crippen molar-refractivity contribution in [2.24, 2.45) is 5.73 Å². The van der Waals surface area contributed by atoms with Crippen LogP contribution in [-0.2, 0) is 19.5 Å². The van der Waals surface area contributed by atoms with Crippen LogP contribution in [0.3, 0.4) is 0 Å². The molecule has 0 saturated carbocycles. The predicted molar refractivity (Wildman–Crippen MR) is 76.3 cm³/mol. The van der Waals surface area contributed by atoms with Gasteiger partial charge in [-0.3, -0.25) is 4.68 Å². The van der Waals surface area contributed by atoms with Crippen LogP contribution in [0, 0.1) is 6.92 Å². The molecule has 4 heteroatoms. The lowest BCUT2D eigenvalue weighted by molar-refractivity contribution is 0.644. The first-order valence-corrected chi connectivity index (χ1v) is 7.05. The van der Waals surface area contributed by atoms with Gasteiger partial charge in [-0.2, -0.15) is 5.10 Å². The Morgan fingerprint density at radius 2 is 2.28 bits per heavy atom. The van der Waals surface area contributed by atoms with Crippen molar-refractivity contribution in [3.63, 3.8) is 0 Å². The van der Waals surface area contributed by atoms with Crippen molar-refractivity contribution < 1.29 is 0 Å². The lowest BCUT2D eigenvalue weighted by Gasteiger charge is -2.08. The topological polar surface area (TPSA) is 43.8 Å². The van der Waals surface area contributed by atoms with Gasteiger partial charge in [-0.1, -0.05) is 22.0 Å². The minimum absolute atomic E-state index is 0.505. The Balaban J connectivity index is 2.21. The molecule has 0 bridgehead atoms. The molecule has 0 amide bonds. The van der Waals surface area contributed by atoms with Gasteiger partial charge in [0.15, 0.2) is 0 Å². The van der Waals surface area contributed by atoms with Crippen LogP contribution in [-0.4, -0.2) is 9.78 Å². The standard InChI is InChI=1S/C14H16BrN3/c1-9-7-10(15)4-5-11(9)14-12(8-16)17-18-6-2-3-13(14)18/h4-5,7H,2-3,6,8,16H2,1H3. The van der Waals surface area contributed by atoms with Crippen molar-refractivity contribution >= 4 is 15.9 Å². The molecule has 0 aliphatic carbocycles. The Morgan fingerprint density at radius 1 is 1.44 bits per heavy atom. The lowest BCUT2D eigenvalue weighted by Crippen LogP contribution is -2.01. The summed E-state index contributed by atoms with van der Waals surface area (Å²) in [6.45, 7) is 3.67. The third-order valence-corrected chi connectivity index (χ3v) is 4.06. The van der Waals surface area contributed by atoms with E-state index in [1.807, 2.05) is 0 Å². The van der Waals surface area contributed by atoms with Gasteiger partial charge in [-0.25, -0.2) is 0 Å². The fourth-order valence-corrected chi connectivity index (χ4v) is 3.22. The summed E-state index contributed by atoms with van der Waals surface area (Å²) in [6.07, 6.45) is 2.30. The van der Waals surface area contributed by atoms with Gasteiger partial charge < -0.3 is 5.73 Å². The molecule has 2 heterocycles. The summed E-state index contributed by atoms with van der Waals surface area (Å²) >= 11 is 3.51. The van der Waals surface area contributed by atoms with E-state index in [1.165, 1.54) is 28.8 Å². The summed E-state index contributed by atoms with van der Waals surface area (Å²) in [4.78, 5) is 0. The first kappa shape index (κ1) is 11.9. The number of aromatic nitrogens is 2. The highest BCUT2D eigenvalue weighted by atomic mass is 79.9. The zero-order valence-corrected chi connectivity index (χ0v) is 12.0. The minimum atomic E-state index is 0.505. The summed E-state index contributed by atoms with van der Waals surface area (Å²) in [5, 5.41) is 4.63. The van der Waals surface area contributed by atoms with Gasteiger partial charge >= 0.3 is 0 Å². The normalized spacial score (nSPS) is 13.9. The number of benzene rings is 1. The van der Waals surface area contributed by atoms with Crippen molar-refractivity contribution in [1.29, 1.82) is 0 Å². The van der Waals surface area contributed by atoms with E-state index in [4.69, 9.17) is 5.73 Å². The maximum Gasteiger partial charge on any atom is 0.0841 e. The second-order valence-corrected chi connectivity index (χ2v) is 5.67. The van der Waals surface area contributed by atoms with Crippen LogP contribution in [0.25, 0.3) is 11.1 Å². The van der Waals surface area contributed by atoms with Crippen molar-refractivity contribution in [1.82, 2.24) is 9.78 Å². The van der Waals surface area contributed by atoms with E-state index in [9.17, 15) is 0 Å². The van der Waals surface area contributed by atoms with E-state index in [1.54, 1.807) is 0 Å². The summed E-state index contributed by atoms with van der Waals surface area (Å²) in [5.74, 6) is 0. The van der Waals surface area contributed by atoms with Crippen molar-refractivity contribution in [3.05, 3.63) is 39.6 Å². The molecule has 0 fully saturated rings. The molecule has 3 nitrogen and oxygen atoms in total. The van der Waals surface area contributed by atoms with Gasteiger partial charge in [0.25, 0.3) is 0 Å². The molecule has 1 aliphatic heterocycles. The third-order valence-electron chi connectivity index (χ3n) is 3.56. The molecule has 1 aliphatic rings. The summed E-state index contributed by atoms with van der Waals surface area (Å²) in [5.41, 5.74) is 12.0. The second-order valence-electron chi connectivity index (χ2n) is 4.76. The first-order chi connectivity index (χ1) is 8.70. The predicted octanol–water partition coefficient (Wildman–Crippen LogP) is 3.03. The van der Waals surface area contributed by atoms with Gasteiger partial charge in [-0.15, -0.1) is 0 Å². The number of nitrogens with two attached hydrogens (primary N) is 1. The highest BCUT2D eigenvalue weighted by molar-refractivity contribution is 9.10. The van der Waals surface area contributed by atoms with Crippen molar-refractivity contribution in [2.45, 2.75) is 32.9 Å². The van der Waals surface area contributed by atoms with Gasteiger partial charge in [0.05, 0.1) is 5.69 Å². The molecule has 0 atom stereocenters. The van der Waals surface area contributed by atoms with Crippen molar-refractivity contribution in [2.75, 3.05) is 0 Å². The summed E-state index contributed by atoms with van der Waals surface area (Å²) < 4.78 is 3.24. The van der Waals surface area contributed by atoms with E-state index < -0.39 is 0 Å². The van der Waals surface area contributed by atoms with Crippen LogP contribution in [0.5, 0.6) is 0 Å². The molecule has 18 heavy (non-hydrogen) atoms. The van der Waals surface area contributed by atoms with Crippen LogP contribution >= 0.6 is 15.9 Å². The zero-order valence-electron chi connectivity index (χ0n) is 10.4. The average molecular weight is 306 g/mol. The first-order valence-electron chi connectivity index (χ1n) is 6.26. The van der Waals surface area contributed by atoms with Gasteiger partial charge in [0, 0.05) is 28.8 Å². The molecule has 1 aromatic carbocycles. The summed E-state index contributed by atoms with van der Waals surface area (Å²) in [6, 6.07) is 6.39. The number of fused-ring (bicyclic) bond motifs is 1. The SMILES string of the molecule is Cc1cc(Br)ccc1-c1c(CN)nn2c1CCC2. The molecular formula is C14H16BrN3. The number of rotatable bonds is 2. The maximum absolute atomic E-state index is 5.84. The molecule has 94 valence electrons. The Morgan fingerprint density at radius 3 is 3.00 bits per heavy atom. The lowest BCUT2D eigenvalue weighted by atomic mass is 9.97. The van der Waals surface area contributed by atoms with E-state index in [0.717, 1.165) is 23.1 Å². The number of nitrogens with zero attached hydrogens (tertiary/aromatic N) is 2. The van der Waals surface area contributed by atoms with Gasteiger partial charge in [0.1, 0.15) is 0 Å². The molecule has 2 N–H and O–H groups in total. The monoisotopic (exact) mass is 305 g/mol. The van der Waals surface area contributed by atoms with Gasteiger partial charge in [-0.05, 0) is 43.0 Å². The van der Waals surface area contributed by atoms with Crippen LogP contribution in [0.2, 0.25) is 0 Å². The Kier molecular flexibility index (Phi) is 2.99. The molecule has 1 aromatic heterocycles. The quantitative estimate of drug-likeness (QED) is 0.927. The molecule has 2 aromatic rings. The fourth-order valence-electron chi connectivity index (χ4n) is 2.75. The largest absolute Gasteiger partial charge is 0.325 e. The van der Waals surface area contributed by atoms with Crippen LogP contribution in [0.15, 0.2) is 22.7 Å². The van der Waals surface area contributed by atoms with Crippen LogP contribution < -0.4 is 5.73 Å². The number of hydrogen-bond acceptors (Lipinski definition) is 2. The highest BCUT2D eigenvalue weighted by Crippen LogP contribution is 2.34. The van der Waals surface area contributed by atoms with E-state index in [2.05, 4.69) is 50.8 Å². The Hall–Kier alpha value is -1.13. The average Bonchev–Trinajstić information content (AvgIpc) is 2.89. The number of halogens is 1. The fraction of sp³-hybridized carbons (Fsp3) is 0.357. The molecule has 3 rings (SSSR count).